The minimum atomic E-state index is -3.70. The predicted molar refractivity (Wildman–Crippen MR) is 90.1 cm³/mol. The van der Waals surface area contributed by atoms with Crippen molar-refractivity contribution < 1.29 is 17.9 Å². The number of nitrogens with one attached hydrogen (secondary N) is 1. The lowest BCUT2D eigenvalue weighted by Crippen LogP contribution is -2.28. The van der Waals surface area contributed by atoms with Gasteiger partial charge < -0.3 is 9.47 Å². The van der Waals surface area contributed by atoms with Crippen molar-refractivity contribution in [3.05, 3.63) is 52.5 Å². The summed E-state index contributed by atoms with van der Waals surface area (Å²) in [6.45, 7) is 0.268. The third-order valence-corrected chi connectivity index (χ3v) is 4.73. The van der Waals surface area contributed by atoms with Gasteiger partial charge in [0.15, 0.2) is 0 Å². The summed E-state index contributed by atoms with van der Waals surface area (Å²) in [6, 6.07) is 11.2. The van der Waals surface area contributed by atoms with E-state index in [1.165, 1.54) is 18.2 Å². The summed E-state index contributed by atoms with van der Waals surface area (Å²) >= 11 is 11.6. The molecular weight excluding hydrogens is 361 g/mol. The highest BCUT2D eigenvalue weighted by Crippen LogP contribution is 2.22. The van der Waals surface area contributed by atoms with E-state index >= 15 is 0 Å². The largest absolute Gasteiger partial charge is 0.497 e. The predicted octanol–water partition coefficient (Wildman–Crippen LogP) is 3.36. The van der Waals surface area contributed by atoms with Gasteiger partial charge in [0.25, 0.3) is 0 Å². The molecular formula is C15H15Cl2NO4S. The van der Waals surface area contributed by atoms with Crippen LogP contribution >= 0.6 is 23.2 Å². The Morgan fingerprint density at radius 1 is 1.04 bits per heavy atom. The summed E-state index contributed by atoms with van der Waals surface area (Å²) in [7, 11) is -2.14. The standard InChI is InChI=1S/C15H15Cl2NO4S/c1-21-13-3-2-4-14(10-13)22-6-5-18-23(19,20)15-8-11(16)7-12(17)9-15/h2-4,7-10,18H,5-6H2,1H3. The van der Waals surface area contributed by atoms with E-state index in [0.717, 1.165) is 0 Å². The van der Waals surface area contributed by atoms with E-state index in [9.17, 15) is 8.42 Å². The van der Waals surface area contributed by atoms with Crippen LogP contribution in [0.25, 0.3) is 0 Å². The van der Waals surface area contributed by atoms with Crippen LogP contribution in [0.2, 0.25) is 10.0 Å². The first kappa shape index (κ1) is 17.9. The SMILES string of the molecule is COc1cccc(OCCNS(=O)(=O)c2cc(Cl)cc(Cl)c2)c1. The van der Waals surface area contributed by atoms with Gasteiger partial charge in [-0.1, -0.05) is 29.3 Å². The lowest BCUT2D eigenvalue weighted by Gasteiger charge is -2.10. The van der Waals surface area contributed by atoms with Gasteiger partial charge in [-0.3, -0.25) is 0 Å². The van der Waals surface area contributed by atoms with Crippen molar-refractivity contribution in [1.82, 2.24) is 4.72 Å². The van der Waals surface area contributed by atoms with Crippen LogP contribution in [0.1, 0.15) is 0 Å². The maximum atomic E-state index is 12.1. The molecule has 0 saturated heterocycles. The summed E-state index contributed by atoms with van der Waals surface area (Å²) in [4.78, 5) is 0.0105. The van der Waals surface area contributed by atoms with Crippen molar-refractivity contribution >= 4 is 33.2 Å². The Labute approximate surface area is 145 Å². The second kappa shape index (κ2) is 7.88. The van der Waals surface area contributed by atoms with Crippen LogP contribution in [0.3, 0.4) is 0 Å². The maximum absolute atomic E-state index is 12.1. The second-order valence-electron chi connectivity index (χ2n) is 4.53. The molecule has 0 unspecified atom stereocenters. The second-order valence-corrected chi connectivity index (χ2v) is 7.17. The molecule has 0 aromatic heterocycles. The van der Waals surface area contributed by atoms with E-state index in [4.69, 9.17) is 32.7 Å². The van der Waals surface area contributed by atoms with Crippen LogP contribution in [0, 0.1) is 0 Å². The van der Waals surface area contributed by atoms with E-state index in [1.54, 1.807) is 31.4 Å². The molecule has 1 N–H and O–H groups in total. The maximum Gasteiger partial charge on any atom is 0.240 e. The Hall–Kier alpha value is -1.47. The van der Waals surface area contributed by atoms with Gasteiger partial charge in [0.1, 0.15) is 18.1 Å². The van der Waals surface area contributed by atoms with Gasteiger partial charge in [-0.25, -0.2) is 13.1 Å². The number of rotatable bonds is 7. The average molecular weight is 376 g/mol. The van der Waals surface area contributed by atoms with Gasteiger partial charge in [0, 0.05) is 22.7 Å². The van der Waals surface area contributed by atoms with Crippen LogP contribution < -0.4 is 14.2 Å². The van der Waals surface area contributed by atoms with Crippen molar-refractivity contribution in [2.75, 3.05) is 20.3 Å². The molecule has 0 radical (unpaired) electrons. The van der Waals surface area contributed by atoms with Gasteiger partial charge in [0.2, 0.25) is 10.0 Å². The van der Waals surface area contributed by atoms with Crippen LogP contribution in [-0.4, -0.2) is 28.7 Å². The molecule has 0 bridgehead atoms. The van der Waals surface area contributed by atoms with Gasteiger partial charge in [-0.05, 0) is 30.3 Å². The van der Waals surface area contributed by atoms with Crippen molar-refractivity contribution in [1.29, 1.82) is 0 Å². The molecule has 2 aromatic carbocycles. The molecule has 5 nitrogen and oxygen atoms in total. The molecule has 0 aliphatic carbocycles. The van der Waals surface area contributed by atoms with E-state index in [0.29, 0.717) is 11.5 Å². The minimum absolute atomic E-state index is 0.0105. The molecule has 0 fully saturated rings. The number of benzene rings is 2. The fourth-order valence-corrected chi connectivity index (χ4v) is 3.54. The molecule has 8 heteroatoms. The van der Waals surface area contributed by atoms with Gasteiger partial charge in [0.05, 0.1) is 12.0 Å². The van der Waals surface area contributed by atoms with Gasteiger partial charge in [-0.15, -0.1) is 0 Å². The number of hydrogen-bond donors (Lipinski definition) is 1. The van der Waals surface area contributed by atoms with Crippen molar-refractivity contribution in [2.24, 2.45) is 0 Å². The van der Waals surface area contributed by atoms with E-state index in [-0.39, 0.29) is 28.1 Å². The van der Waals surface area contributed by atoms with Crippen molar-refractivity contribution in [3.8, 4) is 11.5 Å². The van der Waals surface area contributed by atoms with E-state index < -0.39 is 10.0 Å². The Morgan fingerprint density at radius 3 is 2.35 bits per heavy atom. The monoisotopic (exact) mass is 375 g/mol. The Kier molecular flexibility index (Phi) is 6.12. The van der Waals surface area contributed by atoms with Crippen LogP contribution in [-0.2, 0) is 10.0 Å². The highest BCUT2D eigenvalue weighted by Gasteiger charge is 2.15. The molecule has 0 amide bonds. The first-order chi connectivity index (χ1) is 10.9. The lowest BCUT2D eigenvalue weighted by molar-refractivity contribution is 0.320. The fourth-order valence-electron chi connectivity index (χ4n) is 1.80. The molecule has 2 aromatic rings. The molecule has 0 atom stereocenters. The zero-order chi connectivity index (χ0) is 16.9. The van der Waals surface area contributed by atoms with Crippen LogP contribution in [0.5, 0.6) is 11.5 Å². The minimum Gasteiger partial charge on any atom is -0.497 e. The molecule has 0 saturated carbocycles. The average Bonchev–Trinajstić information content (AvgIpc) is 2.51. The fraction of sp³-hybridized carbons (Fsp3) is 0.200. The van der Waals surface area contributed by atoms with E-state index in [2.05, 4.69) is 4.72 Å². The molecule has 2 rings (SSSR count). The Bertz CT molecular complexity index is 761. The van der Waals surface area contributed by atoms with Crippen molar-refractivity contribution in [3.63, 3.8) is 0 Å². The summed E-state index contributed by atoms with van der Waals surface area (Å²) < 4.78 is 37.3. The molecule has 124 valence electrons. The smallest absolute Gasteiger partial charge is 0.240 e. The summed E-state index contributed by atoms with van der Waals surface area (Å²) in [5, 5.41) is 0.510. The number of sulfonamides is 1. The van der Waals surface area contributed by atoms with Crippen LogP contribution in [0.4, 0.5) is 0 Å². The molecule has 0 aliphatic rings. The number of methoxy groups -OCH3 is 1. The first-order valence-corrected chi connectivity index (χ1v) is 8.87. The normalized spacial score (nSPS) is 11.3. The lowest BCUT2D eigenvalue weighted by atomic mass is 10.3. The zero-order valence-electron chi connectivity index (χ0n) is 12.3. The summed E-state index contributed by atoms with van der Waals surface area (Å²) in [6.07, 6.45) is 0. The first-order valence-electron chi connectivity index (χ1n) is 6.63. The molecule has 0 heterocycles. The molecule has 23 heavy (non-hydrogen) atoms. The van der Waals surface area contributed by atoms with E-state index in [1.807, 2.05) is 0 Å². The molecule has 0 aliphatic heterocycles. The topological polar surface area (TPSA) is 64.6 Å². The van der Waals surface area contributed by atoms with Gasteiger partial charge in [-0.2, -0.15) is 0 Å². The third kappa shape index (κ3) is 5.28. The van der Waals surface area contributed by atoms with Crippen LogP contribution in [0.15, 0.2) is 47.4 Å². The number of hydrogen-bond acceptors (Lipinski definition) is 4. The highest BCUT2D eigenvalue weighted by atomic mass is 35.5. The molecule has 0 spiro atoms. The number of halogens is 2. The summed E-state index contributed by atoms with van der Waals surface area (Å²) in [5.41, 5.74) is 0. The third-order valence-electron chi connectivity index (χ3n) is 2.85. The van der Waals surface area contributed by atoms with Gasteiger partial charge >= 0.3 is 0 Å². The quantitative estimate of drug-likeness (QED) is 0.753. The zero-order valence-corrected chi connectivity index (χ0v) is 14.6. The Balaban J connectivity index is 1.92. The Morgan fingerprint density at radius 2 is 1.70 bits per heavy atom. The summed E-state index contributed by atoms with van der Waals surface area (Å²) in [5.74, 6) is 1.26. The number of ether oxygens (including phenoxy) is 2. The highest BCUT2D eigenvalue weighted by molar-refractivity contribution is 7.89. The van der Waals surface area contributed by atoms with Crippen molar-refractivity contribution in [2.45, 2.75) is 4.90 Å².